The zero-order valence-electron chi connectivity index (χ0n) is 29.7. The van der Waals surface area contributed by atoms with Crippen molar-refractivity contribution >= 4 is 23.5 Å². The minimum absolute atomic E-state index is 0.00202. The first-order valence-electron chi connectivity index (χ1n) is 18.7. The van der Waals surface area contributed by atoms with Crippen molar-refractivity contribution in [3.8, 4) is 0 Å². The van der Waals surface area contributed by atoms with Gasteiger partial charge in [0.15, 0.2) is 22.8 Å². The molecule has 0 spiro atoms. The van der Waals surface area contributed by atoms with Crippen LogP contribution in [0, 0.1) is 57.2 Å². The minimum atomic E-state index is -1.76. The molecule has 0 aromatic carbocycles. The van der Waals surface area contributed by atoms with Gasteiger partial charge in [-0.3, -0.25) is 9.59 Å². The van der Waals surface area contributed by atoms with Gasteiger partial charge in [0.1, 0.15) is 0 Å². The van der Waals surface area contributed by atoms with Crippen LogP contribution in [0.3, 0.4) is 0 Å². The molecular weight excluding hydrogens is 640 g/mol. The first-order valence-corrected chi connectivity index (χ1v) is 18.7. The Hall–Kier alpha value is -2.66. The van der Waals surface area contributed by atoms with E-state index >= 15 is 0 Å². The zero-order chi connectivity index (χ0) is 36.4. The number of ketones is 2. The molecule has 0 heterocycles. The molecule has 0 amide bonds. The summed E-state index contributed by atoms with van der Waals surface area (Å²) in [6.07, 6.45) is 12.8. The van der Waals surface area contributed by atoms with Crippen molar-refractivity contribution in [2.45, 2.75) is 128 Å². The van der Waals surface area contributed by atoms with Crippen LogP contribution in [-0.4, -0.2) is 77.6 Å². The molecule has 274 valence electrons. The summed E-state index contributed by atoms with van der Waals surface area (Å²) >= 11 is 0. The zero-order valence-corrected chi connectivity index (χ0v) is 29.7. The van der Waals surface area contributed by atoms with Crippen molar-refractivity contribution in [1.29, 1.82) is 0 Å². The summed E-state index contributed by atoms with van der Waals surface area (Å²) < 4.78 is 0. The number of hydrogen-bond acceptors (Lipinski definition) is 8. The van der Waals surface area contributed by atoms with Gasteiger partial charge in [0, 0.05) is 28.6 Å². The molecule has 14 atom stereocenters. The second-order valence-corrected chi connectivity index (χ2v) is 18.2. The second kappa shape index (κ2) is 11.4. The average Bonchev–Trinajstić information content (AvgIpc) is 3.47. The summed E-state index contributed by atoms with van der Waals surface area (Å²) in [6, 6.07) is 0. The van der Waals surface area contributed by atoms with Gasteiger partial charge in [0.2, 0.25) is 0 Å². The van der Waals surface area contributed by atoms with Crippen molar-refractivity contribution in [1.82, 2.24) is 0 Å². The topological polar surface area (TPSA) is 190 Å². The van der Waals surface area contributed by atoms with Crippen LogP contribution in [0.15, 0.2) is 35.5 Å². The summed E-state index contributed by atoms with van der Waals surface area (Å²) in [5, 5.41) is 63.2. The van der Waals surface area contributed by atoms with Crippen molar-refractivity contribution in [2.75, 3.05) is 0 Å². The van der Waals surface area contributed by atoms with Gasteiger partial charge in [0.05, 0.1) is 12.2 Å². The number of carbonyl (C=O) groups excluding carboxylic acids is 2. The van der Waals surface area contributed by atoms with Crippen LogP contribution in [0.5, 0.6) is 0 Å². The molecule has 0 aromatic rings. The lowest BCUT2D eigenvalue weighted by Crippen LogP contribution is -2.61. The van der Waals surface area contributed by atoms with Gasteiger partial charge >= 0.3 is 11.9 Å². The van der Waals surface area contributed by atoms with Crippen LogP contribution in [-0.2, 0) is 19.2 Å². The number of carbonyl (C=O) groups is 4. The average molecular weight is 695 g/mol. The van der Waals surface area contributed by atoms with E-state index in [1.165, 1.54) is 5.57 Å². The molecule has 8 aliphatic carbocycles. The fourth-order valence-electron chi connectivity index (χ4n) is 13.7. The van der Waals surface area contributed by atoms with E-state index in [0.717, 1.165) is 37.7 Å². The molecule has 12 unspecified atom stereocenters. The summed E-state index contributed by atoms with van der Waals surface area (Å²) in [5.74, 6) is -1.59. The molecule has 0 radical (unpaired) electrons. The molecule has 6 N–H and O–H groups in total. The summed E-state index contributed by atoms with van der Waals surface area (Å²) in [6.45, 7) is 7.96. The van der Waals surface area contributed by atoms with E-state index < -0.39 is 46.2 Å². The Balaban J connectivity index is 0.000000157. The largest absolute Gasteiger partial charge is 0.479 e. The lowest BCUT2D eigenvalue weighted by atomic mass is 9.45. The Labute approximate surface area is 293 Å². The van der Waals surface area contributed by atoms with Crippen LogP contribution < -0.4 is 0 Å². The van der Waals surface area contributed by atoms with Crippen molar-refractivity contribution in [2.24, 2.45) is 57.2 Å². The van der Waals surface area contributed by atoms with Crippen LogP contribution in [0.25, 0.3) is 0 Å². The van der Waals surface area contributed by atoms with E-state index in [1.54, 1.807) is 18.2 Å². The van der Waals surface area contributed by atoms with Gasteiger partial charge in [-0.1, -0.05) is 44.9 Å². The molecule has 0 aliphatic heterocycles. The maximum absolute atomic E-state index is 11.9. The molecule has 0 aromatic heterocycles. The van der Waals surface area contributed by atoms with Crippen LogP contribution in [0.4, 0.5) is 0 Å². The Kier molecular flexibility index (Phi) is 8.16. The fraction of sp³-hybridized carbons (Fsp3) is 0.750. The number of rotatable bonds is 2. The molecule has 6 saturated carbocycles. The van der Waals surface area contributed by atoms with E-state index in [-0.39, 0.29) is 77.2 Å². The Bertz CT molecular complexity index is 1600. The van der Waals surface area contributed by atoms with Crippen LogP contribution >= 0.6 is 0 Å². The Morgan fingerprint density at radius 1 is 0.680 bits per heavy atom. The number of hydrogen-bond donors (Lipinski definition) is 6. The van der Waals surface area contributed by atoms with Crippen molar-refractivity contribution in [3.63, 3.8) is 0 Å². The SMILES string of the molecule is CC12C=CC(=O)C=C1CCC1C2C(O)CC2(C)C1CC[C@@]2(O)C(=O)O.CC12CCC(=O)C=C1CCC1C2C(O)CC2(C)C1CC[C@@]2(O)C(=O)O. The third-order valence-corrected chi connectivity index (χ3v) is 16.4. The van der Waals surface area contributed by atoms with E-state index in [2.05, 4.69) is 13.8 Å². The molecule has 0 bridgehead atoms. The van der Waals surface area contributed by atoms with Gasteiger partial charge in [-0.15, -0.1) is 0 Å². The smallest absolute Gasteiger partial charge is 0.336 e. The predicted molar refractivity (Wildman–Crippen MR) is 181 cm³/mol. The molecule has 10 heteroatoms. The van der Waals surface area contributed by atoms with Gasteiger partial charge < -0.3 is 30.6 Å². The van der Waals surface area contributed by atoms with Crippen molar-refractivity contribution < 1.29 is 49.8 Å². The highest BCUT2D eigenvalue weighted by molar-refractivity contribution is 6.01. The monoisotopic (exact) mass is 694 g/mol. The summed E-state index contributed by atoms with van der Waals surface area (Å²) in [4.78, 5) is 47.2. The first-order chi connectivity index (χ1) is 23.3. The van der Waals surface area contributed by atoms with Gasteiger partial charge in [0.25, 0.3) is 0 Å². The fourth-order valence-corrected chi connectivity index (χ4v) is 13.7. The lowest BCUT2D eigenvalue weighted by Gasteiger charge is -2.60. The van der Waals surface area contributed by atoms with Crippen LogP contribution in [0.1, 0.15) is 105 Å². The lowest BCUT2D eigenvalue weighted by molar-refractivity contribution is -0.194. The van der Waals surface area contributed by atoms with E-state index in [9.17, 15) is 49.8 Å². The predicted octanol–water partition coefficient (Wildman–Crippen LogP) is 4.39. The van der Waals surface area contributed by atoms with Crippen molar-refractivity contribution in [3.05, 3.63) is 35.5 Å². The third kappa shape index (κ3) is 4.59. The molecule has 8 rings (SSSR count). The molecule has 8 aliphatic rings. The van der Waals surface area contributed by atoms with Gasteiger partial charge in [-0.2, -0.15) is 0 Å². The number of aliphatic carboxylic acids is 2. The highest BCUT2D eigenvalue weighted by Crippen LogP contribution is 2.69. The Morgan fingerprint density at radius 2 is 1.18 bits per heavy atom. The van der Waals surface area contributed by atoms with E-state index in [0.29, 0.717) is 25.7 Å². The summed E-state index contributed by atoms with van der Waals surface area (Å²) in [5.41, 5.74) is -3.41. The third-order valence-electron chi connectivity index (χ3n) is 16.4. The maximum Gasteiger partial charge on any atom is 0.336 e. The number of aliphatic hydroxyl groups excluding tert-OH is 2. The van der Waals surface area contributed by atoms with Gasteiger partial charge in [-0.25, -0.2) is 9.59 Å². The summed E-state index contributed by atoms with van der Waals surface area (Å²) in [7, 11) is 0. The van der Waals surface area contributed by atoms with E-state index in [1.807, 2.05) is 19.9 Å². The molecule has 0 saturated heterocycles. The quantitative estimate of drug-likeness (QED) is 0.242. The second-order valence-electron chi connectivity index (χ2n) is 18.2. The number of carboxylic acid groups (broad SMARTS) is 2. The highest BCUT2D eigenvalue weighted by Gasteiger charge is 2.70. The molecule has 10 nitrogen and oxygen atoms in total. The Morgan fingerprint density at radius 3 is 1.72 bits per heavy atom. The van der Waals surface area contributed by atoms with Crippen LogP contribution in [0.2, 0.25) is 0 Å². The molecule has 50 heavy (non-hydrogen) atoms. The normalized spacial score (nSPS) is 51.7. The number of fused-ring (bicyclic) bond motifs is 10. The molecular formula is C40H54O10. The highest BCUT2D eigenvalue weighted by atomic mass is 16.4. The molecule has 6 fully saturated rings. The minimum Gasteiger partial charge on any atom is -0.479 e. The number of aliphatic hydroxyl groups is 4. The standard InChI is InChI=1S/C20H28O5.C20H26O5/c2*1-18-7-5-12(21)9-11(18)3-4-13-14-6-8-20(25,17(23)24)19(14,2)10-15(22)16(13)18/h9,13-16,22,25H,3-8,10H2,1-2H3,(H,23,24);5,7,9,13-16,22,25H,3-4,6,8,10H2,1-2H3,(H,23,24)/t2*13?,14?,15?,16?,18?,19?,20-/m11/s1. The van der Waals surface area contributed by atoms with Gasteiger partial charge in [-0.05, 0) is 124 Å². The number of carboxylic acids is 2. The van der Waals surface area contributed by atoms with E-state index in [4.69, 9.17) is 0 Å². The number of allylic oxidation sites excluding steroid dienone is 5. The maximum atomic E-state index is 11.9. The first kappa shape index (κ1) is 35.7.